The van der Waals surface area contributed by atoms with Crippen LogP contribution in [-0.4, -0.2) is 24.9 Å². The van der Waals surface area contributed by atoms with Gasteiger partial charge in [-0.1, -0.05) is 36.4 Å². The van der Waals surface area contributed by atoms with Crippen molar-refractivity contribution in [3.8, 4) is 0 Å². The molecule has 130 valence electrons. The normalized spacial score (nSPS) is 17.0. The summed E-state index contributed by atoms with van der Waals surface area (Å²) in [6.45, 7) is 2.60. The maximum absolute atomic E-state index is 13.7. The van der Waals surface area contributed by atoms with Gasteiger partial charge in [0.2, 0.25) is 11.8 Å². The summed E-state index contributed by atoms with van der Waals surface area (Å²) >= 11 is 0. The zero-order valence-corrected chi connectivity index (χ0v) is 14.2. The van der Waals surface area contributed by atoms with Crippen LogP contribution in [0.15, 0.2) is 48.5 Å². The van der Waals surface area contributed by atoms with E-state index < -0.39 is 5.92 Å². The van der Waals surface area contributed by atoms with Crippen molar-refractivity contribution in [1.29, 1.82) is 0 Å². The second-order valence-electron chi connectivity index (χ2n) is 6.29. The van der Waals surface area contributed by atoms with E-state index >= 15 is 0 Å². The van der Waals surface area contributed by atoms with Gasteiger partial charge in [-0.2, -0.15) is 0 Å². The molecule has 1 aliphatic heterocycles. The lowest BCUT2D eigenvalue weighted by atomic mass is 10.1. The van der Waals surface area contributed by atoms with E-state index in [0.29, 0.717) is 30.8 Å². The molecule has 1 atom stereocenters. The maximum Gasteiger partial charge on any atom is 0.239 e. The molecule has 1 unspecified atom stereocenters. The quantitative estimate of drug-likeness (QED) is 0.851. The van der Waals surface area contributed by atoms with Crippen LogP contribution < -0.4 is 10.2 Å². The summed E-state index contributed by atoms with van der Waals surface area (Å²) < 4.78 is 13.7. The largest absolute Gasteiger partial charge is 0.355 e. The van der Waals surface area contributed by atoms with Gasteiger partial charge in [-0.15, -0.1) is 0 Å². The lowest BCUT2D eigenvalue weighted by molar-refractivity contribution is -0.132. The zero-order chi connectivity index (χ0) is 17.8. The third-order valence-corrected chi connectivity index (χ3v) is 4.54. The standard InChI is InChI=1S/C20H21FN2O2/c1-14-7-8-16(13-18(14)21)23-12-10-17(20(23)25)19(24)22-11-9-15-5-3-2-4-6-15/h2-8,13,17H,9-12H2,1H3,(H,22,24). The van der Waals surface area contributed by atoms with E-state index in [2.05, 4.69) is 5.32 Å². The number of rotatable bonds is 5. The molecule has 0 spiro atoms. The number of nitrogens with one attached hydrogen (secondary N) is 1. The third-order valence-electron chi connectivity index (χ3n) is 4.54. The average Bonchev–Trinajstić information content (AvgIpc) is 3.00. The minimum absolute atomic E-state index is 0.254. The molecule has 1 aliphatic rings. The minimum atomic E-state index is -0.694. The predicted molar refractivity (Wildman–Crippen MR) is 94.8 cm³/mol. The van der Waals surface area contributed by atoms with Gasteiger partial charge in [0.1, 0.15) is 11.7 Å². The number of aryl methyl sites for hydroxylation is 1. The highest BCUT2D eigenvalue weighted by atomic mass is 19.1. The molecule has 1 fully saturated rings. The van der Waals surface area contributed by atoms with Crippen LogP contribution in [0, 0.1) is 18.7 Å². The molecule has 4 nitrogen and oxygen atoms in total. The van der Waals surface area contributed by atoms with Crippen molar-refractivity contribution in [1.82, 2.24) is 5.32 Å². The highest BCUT2D eigenvalue weighted by Gasteiger charge is 2.37. The number of halogens is 1. The molecule has 0 saturated carbocycles. The maximum atomic E-state index is 13.7. The van der Waals surface area contributed by atoms with Gasteiger partial charge in [-0.05, 0) is 43.0 Å². The van der Waals surface area contributed by atoms with Gasteiger partial charge in [0.15, 0.2) is 0 Å². The first kappa shape index (κ1) is 17.1. The van der Waals surface area contributed by atoms with Gasteiger partial charge in [-0.3, -0.25) is 9.59 Å². The molecule has 0 aromatic heterocycles. The molecule has 2 aromatic carbocycles. The highest BCUT2D eigenvalue weighted by molar-refractivity contribution is 6.09. The average molecular weight is 340 g/mol. The van der Waals surface area contributed by atoms with Gasteiger partial charge < -0.3 is 10.2 Å². The number of benzene rings is 2. The molecule has 5 heteroatoms. The van der Waals surface area contributed by atoms with Gasteiger partial charge in [0.05, 0.1) is 0 Å². The number of anilines is 1. The number of amides is 2. The van der Waals surface area contributed by atoms with Crippen molar-refractivity contribution in [3.63, 3.8) is 0 Å². The Morgan fingerprint density at radius 3 is 2.72 bits per heavy atom. The Kier molecular flexibility index (Phi) is 5.12. The van der Waals surface area contributed by atoms with E-state index in [1.807, 2.05) is 30.3 Å². The van der Waals surface area contributed by atoms with E-state index in [1.165, 1.54) is 11.0 Å². The van der Waals surface area contributed by atoms with E-state index in [9.17, 15) is 14.0 Å². The lowest BCUT2D eigenvalue weighted by Crippen LogP contribution is -2.37. The van der Waals surface area contributed by atoms with E-state index in [0.717, 1.165) is 12.0 Å². The van der Waals surface area contributed by atoms with Crippen LogP contribution in [-0.2, 0) is 16.0 Å². The van der Waals surface area contributed by atoms with Crippen molar-refractivity contribution < 1.29 is 14.0 Å². The van der Waals surface area contributed by atoms with Crippen LogP contribution in [0.5, 0.6) is 0 Å². The second-order valence-corrected chi connectivity index (χ2v) is 6.29. The predicted octanol–water partition coefficient (Wildman–Crippen LogP) is 2.85. The Hall–Kier alpha value is -2.69. The summed E-state index contributed by atoms with van der Waals surface area (Å²) in [5.74, 6) is -1.56. The van der Waals surface area contributed by atoms with Gasteiger partial charge in [0, 0.05) is 18.8 Å². The first-order valence-electron chi connectivity index (χ1n) is 8.45. The van der Waals surface area contributed by atoms with Crippen molar-refractivity contribution in [3.05, 3.63) is 65.5 Å². The molecular weight excluding hydrogens is 319 g/mol. The summed E-state index contributed by atoms with van der Waals surface area (Å²) in [4.78, 5) is 26.3. The molecule has 3 rings (SSSR count). The Balaban J connectivity index is 1.57. The van der Waals surface area contributed by atoms with E-state index in [-0.39, 0.29) is 17.6 Å². The van der Waals surface area contributed by atoms with E-state index in [4.69, 9.17) is 0 Å². The molecule has 1 saturated heterocycles. The van der Waals surface area contributed by atoms with E-state index in [1.54, 1.807) is 19.1 Å². The third kappa shape index (κ3) is 3.87. The molecular formula is C20H21FN2O2. The fourth-order valence-corrected chi connectivity index (χ4v) is 3.03. The van der Waals surface area contributed by atoms with Crippen molar-refractivity contribution in [2.75, 3.05) is 18.0 Å². The lowest BCUT2D eigenvalue weighted by Gasteiger charge is -2.17. The number of carbonyl (C=O) groups is 2. The molecule has 2 aromatic rings. The summed E-state index contributed by atoms with van der Waals surface area (Å²) in [5.41, 5.74) is 2.18. The van der Waals surface area contributed by atoms with Crippen LogP contribution in [0.4, 0.5) is 10.1 Å². The fourth-order valence-electron chi connectivity index (χ4n) is 3.03. The molecule has 0 bridgehead atoms. The SMILES string of the molecule is Cc1ccc(N2CCC(C(=O)NCCc3ccccc3)C2=O)cc1F. The number of hydrogen-bond acceptors (Lipinski definition) is 2. The van der Waals surface area contributed by atoms with Crippen LogP contribution >= 0.6 is 0 Å². The minimum Gasteiger partial charge on any atom is -0.355 e. The van der Waals surface area contributed by atoms with Crippen LogP contribution in [0.3, 0.4) is 0 Å². The Bertz CT molecular complexity index is 777. The summed E-state index contributed by atoms with van der Waals surface area (Å²) in [5, 5.41) is 2.84. The van der Waals surface area contributed by atoms with Crippen LogP contribution in [0.2, 0.25) is 0 Å². The second kappa shape index (κ2) is 7.47. The van der Waals surface area contributed by atoms with Gasteiger partial charge in [0.25, 0.3) is 0 Å². The Morgan fingerprint density at radius 1 is 1.24 bits per heavy atom. The Morgan fingerprint density at radius 2 is 2.00 bits per heavy atom. The summed E-state index contributed by atoms with van der Waals surface area (Å²) in [6, 6.07) is 14.6. The first-order chi connectivity index (χ1) is 12.1. The first-order valence-corrected chi connectivity index (χ1v) is 8.45. The topological polar surface area (TPSA) is 49.4 Å². The molecule has 1 heterocycles. The zero-order valence-electron chi connectivity index (χ0n) is 14.2. The van der Waals surface area contributed by atoms with Crippen LogP contribution in [0.1, 0.15) is 17.5 Å². The Labute approximate surface area is 146 Å². The summed E-state index contributed by atoms with van der Waals surface area (Å²) in [7, 11) is 0. The monoisotopic (exact) mass is 340 g/mol. The number of hydrogen-bond donors (Lipinski definition) is 1. The summed E-state index contributed by atoms with van der Waals surface area (Å²) in [6.07, 6.45) is 1.17. The van der Waals surface area contributed by atoms with Gasteiger partial charge in [-0.25, -0.2) is 4.39 Å². The number of carbonyl (C=O) groups excluding carboxylic acids is 2. The molecule has 0 radical (unpaired) electrons. The van der Waals surface area contributed by atoms with Crippen molar-refractivity contribution >= 4 is 17.5 Å². The van der Waals surface area contributed by atoms with Crippen molar-refractivity contribution in [2.24, 2.45) is 5.92 Å². The molecule has 2 amide bonds. The van der Waals surface area contributed by atoms with Crippen molar-refractivity contribution in [2.45, 2.75) is 19.8 Å². The molecule has 25 heavy (non-hydrogen) atoms. The smallest absolute Gasteiger partial charge is 0.239 e. The molecule has 1 N–H and O–H groups in total. The fraction of sp³-hybridized carbons (Fsp3) is 0.300. The highest BCUT2D eigenvalue weighted by Crippen LogP contribution is 2.26. The number of nitrogens with zero attached hydrogens (tertiary/aromatic N) is 1. The molecule has 0 aliphatic carbocycles. The van der Waals surface area contributed by atoms with Gasteiger partial charge >= 0.3 is 0 Å². The van der Waals surface area contributed by atoms with Crippen LogP contribution in [0.25, 0.3) is 0 Å².